The number of hydrogen-bond acceptors (Lipinski definition) is 4. The predicted molar refractivity (Wildman–Crippen MR) is 76.0 cm³/mol. The van der Waals surface area contributed by atoms with Crippen molar-refractivity contribution in [3.63, 3.8) is 0 Å². The molecule has 1 saturated heterocycles. The van der Waals surface area contributed by atoms with Crippen LogP contribution >= 0.6 is 15.9 Å². The predicted octanol–water partition coefficient (Wildman–Crippen LogP) is 2.17. The van der Waals surface area contributed by atoms with Crippen molar-refractivity contribution < 1.29 is 12.8 Å². The maximum atomic E-state index is 12.6. The fourth-order valence-corrected chi connectivity index (χ4v) is 4.77. The second-order valence-electron chi connectivity index (χ2n) is 5.16. The molecule has 1 aromatic heterocycles. The number of sulfonamides is 1. The molecule has 0 radical (unpaired) electrons. The first-order valence-electron chi connectivity index (χ1n) is 6.34. The summed E-state index contributed by atoms with van der Waals surface area (Å²) in [6, 6.07) is 1.50. The molecule has 0 spiro atoms. The topological polar surface area (TPSA) is 76.5 Å². The maximum absolute atomic E-state index is 12.6. The zero-order chi connectivity index (χ0) is 14.2. The number of rotatable bonds is 3. The number of piperidine rings is 1. The molecule has 1 aliphatic rings. The SMILES string of the molecule is CC1CCN(S(=O)(=O)c2cc(CN)oc2Br)CC1C. The lowest BCUT2D eigenvalue weighted by atomic mass is 9.90. The van der Waals surface area contributed by atoms with Gasteiger partial charge in [-0.25, -0.2) is 8.42 Å². The molecule has 2 rings (SSSR count). The number of nitrogens with zero attached hydrogens (tertiary/aromatic N) is 1. The van der Waals surface area contributed by atoms with Crippen LogP contribution in [0, 0.1) is 11.8 Å². The van der Waals surface area contributed by atoms with Gasteiger partial charge in [0.05, 0.1) is 6.54 Å². The first kappa shape index (κ1) is 15.0. The molecule has 0 saturated carbocycles. The average Bonchev–Trinajstić information content (AvgIpc) is 2.74. The lowest BCUT2D eigenvalue weighted by molar-refractivity contribution is 0.212. The van der Waals surface area contributed by atoms with Crippen LogP contribution in [-0.4, -0.2) is 25.8 Å². The van der Waals surface area contributed by atoms with E-state index in [1.807, 2.05) is 0 Å². The van der Waals surface area contributed by atoms with E-state index in [4.69, 9.17) is 10.2 Å². The monoisotopic (exact) mass is 350 g/mol. The molecular weight excluding hydrogens is 332 g/mol. The van der Waals surface area contributed by atoms with Crippen LogP contribution in [0.5, 0.6) is 0 Å². The average molecular weight is 351 g/mol. The minimum Gasteiger partial charge on any atom is -0.452 e. The summed E-state index contributed by atoms with van der Waals surface area (Å²) >= 11 is 3.16. The Labute approximate surface area is 122 Å². The summed E-state index contributed by atoms with van der Waals surface area (Å²) in [4.78, 5) is 0.176. The Morgan fingerprint density at radius 1 is 1.47 bits per heavy atom. The van der Waals surface area contributed by atoms with E-state index in [1.165, 1.54) is 10.4 Å². The second kappa shape index (κ2) is 5.55. The molecule has 2 heterocycles. The van der Waals surface area contributed by atoms with Crippen molar-refractivity contribution in [1.82, 2.24) is 4.31 Å². The summed E-state index contributed by atoms with van der Waals surface area (Å²) in [5.41, 5.74) is 5.47. The van der Waals surface area contributed by atoms with Crippen LogP contribution in [0.25, 0.3) is 0 Å². The van der Waals surface area contributed by atoms with E-state index in [-0.39, 0.29) is 16.1 Å². The highest BCUT2D eigenvalue weighted by molar-refractivity contribution is 9.10. The van der Waals surface area contributed by atoms with Gasteiger partial charge in [-0.05, 0) is 34.2 Å². The van der Waals surface area contributed by atoms with Crippen molar-refractivity contribution in [2.24, 2.45) is 17.6 Å². The molecule has 7 heteroatoms. The van der Waals surface area contributed by atoms with Gasteiger partial charge in [0.15, 0.2) is 4.67 Å². The van der Waals surface area contributed by atoms with E-state index in [0.717, 1.165) is 6.42 Å². The van der Waals surface area contributed by atoms with Crippen molar-refractivity contribution in [2.75, 3.05) is 13.1 Å². The molecule has 2 unspecified atom stereocenters. The molecule has 1 fully saturated rings. The van der Waals surface area contributed by atoms with Crippen LogP contribution in [0.1, 0.15) is 26.0 Å². The van der Waals surface area contributed by atoms with E-state index in [9.17, 15) is 8.42 Å². The largest absolute Gasteiger partial charge is 0.452 e. The van der Waals surface area contributed by atoms with E-state index in [0.29, 0.717) is 30.7 Å². The van der Waals surface area contributed by atoms with Gasteiger partial charge in [0, 0.05) is 19.2 Å². The highest BCUT2D eigenvalue weighted by Gasteiger charge is 2.34. The molecule has 5 nitrogen and oxygen atoms in total. The summed E-state index contributed by atoms with van der Waals surface area (Å²) in [6.07, 6.45) is 0.889. The zero-order valence-electron chi connectivity index (χ0n) is 11.1. The van der Waals surface area contributed by atoms with Gasteiger partial charge >= 0.3 is 0 Å². The van der Waals surface area contributed by atoms with Crippen molar-refractivity contribution in [2.45, 2.75) is 31.7 Å². The highest BCUT2D eigenvalue weighted by Crippen LogP contribution is 2.32. The molecule has 1 aliphatic heterocycles. The first-order valence-corrected chi connectivity index (χ1v) is 8.58. The van der Waals surface area contributed by atoms with Crippen LogP contribution in [0.15, 0.2) is 20.0 Å². The van der Waals surface area contributed by atoms with Gasteiger partial charge in [0.25, 0.3) is 0 Å². The fraction of sp³-hybridized carbons (Fsp3) is 0.667. The molecule has 0 amide bonds. The molecule has 2 atom stereocenters. The zero-order valence-corrected chi connectivity index (χ0v) is 13.5. The summed E-state index contributed by atoms with van der Waals surface area (Å²) in [5.74, 6) is 1.38. The van der Waals surface area contributed by atoms with Gasteiger partial charge in [-0.15, -0.1) is 0 Å². The standard InChI is InChI=1S/C12H19BrN2O3S/c1-8-3-4-15(7-9(8)2)19(16,17)11-5-10(6-14)18-12(11)13/h5,8-9H,3-4,6-7,14H2,1-2H3. The lowest BCUT2D eigenvalue weighted by Gasteiger charge is -2.34. The van der Waals surface area contributed by atoms with Gasteiger partial charge < -0.3 is 10.2 Å². The van der Waals surface area contributed by atoms with Gasteiger partial charge in [-0.2, -0.15) is 4.31 Å². The van der Waals surface area contributed by atoms with Crippen molar-refractivity contribution in [3.8, 4) is 0 Å². The van der Waals surface area contributed by atoms with E-state index >= 15 is 0 Å². The molecule has 19 heavy (non-hydrogen) atoms. The van der Waals surface area contributed by atoms with E-state index in [1.54, 1.807) is 0 Å². The molecule has 0 bridgehead atoms. The number of hydrogen-bond donors (Lipinski definition) is 1. The fourth-order valence-electron chi connectivity index (χ4n) is 2.26. The molecule has 2 N–H and O–H groups in total. The second-order valence-corrected chi connectivity index (χ2v) is 7.79. The summed E-state index contributed by atoms with van der Waals surface area (Å²) in [6.45, 7) is 5.54. The Morgan fingerprint density at radius 2 is 2.16 bits per heavy atom. The third kappa shape index (κ3) is 2.89. The molecule has 108 valence electrons. The Balaban J connectivity index is 2.29. The van der Waals surface area contributed by atoms with Gasteiger partial charge in [-0.1, -0.05) is 13.8 Å². The Hall–Kier alpha value is -0.370. The Morgan fingerprint density at radius 3 is 2.68 bits per heavy atom. The normalized spacial score (nSPS) is 25.7. The van der Waals surface area contributed by atoms with Crippen LogP contribution in [0.3, 0.4) is 0 Å². The molecule has 0 aliphatic carbocycles. The minimum atomic E-state index is -3.50. The summed E-state index contributed by atoms with van der Waals surface area (Å²) in [5, 5.41) is 0. The first-order chi connectivity index (χ1) is 8.86. The highest BCUT2D eigenvalue weighted by atomic mass is 79.9. The summed E-state index contributed by atoms with van der Waals surface area (Å²) < 4.78 is 32.2. The molecule has 1 aromatic rings. The number of nitrogens with two attached hydrogens (primary N) is 1. The maximum Gasteiger partial charge on any atom is 0.247 e. The van der Waals surface area contributed by atoms with Gasteiger partial charge in [0.1, 0.15) is 10.7 Å². The van der Waals surface area contributed by atoms with E-state index in [2.05, 4.69) is 29.8 Å². The quantitative estimate of drug-likeness (QED) is 0.906. The Bertz CT molecular complexity index is 555. The lowest BCUT2D eigenvalue weighted by Crippen LogP contribution is -2.42. The van der Waals surface area contributed by atoms with Gasteiger partial charge in [0.2, 0.25) is 10.0 Å². The van der Waals surface area contributed by atoms with Crippen molar-refractivity contribution in [1.29, 1.82) is 0 Å². The van der Waals surface area contributed by atoms with Crippen LogP contribution in [-0.2, 0) is 16.6 Å². The van der Waals surface area contributed by atoms with E-state index < -0.39 is 10.0 Å². The van der Waals surface area contributed by atoms with Crippen molar-refractivity contribution >= 4 is 26.0 Å². The molecular formula is C12H19BrN2O3S. The van der Waals surface area contributed by atoms with Crippen LogP contribution in [0.2, 0.25) is 0 Å². The van der Waals surface area contributed by atoms with Crippen molar-refractivity contribution in [3.05, 3.63) is 16.5 Å². The summed E-state index contributed by atoms with van der Waals surface area (Å²) in [7, 11) is -3.50. The third-order valence-corrected chi connectivity index (χ3v) is 6.54. The smallest absolute Gasteiger partial charge is 0.247 e. The van der Waals surface area contributed by atoms with Gasteiger partial charge in [-0.3, -0.25) is 0 Å². The minimum absolute atomic E-state index is 0.176. The van der Waals surface area contributed by atoms with Crippen LogP contribution < -0.4 is 5.73 Å². The molecule has 0 aromatic carbocycles. The third-order valence-electron chi connectivity index (χ3n) is 3.82. The number of halogens is 1. The van der Waals surface area contributed by atoms with Crippen LogP contribution in [0.4, 0.5) is 0 Å². The Kier molecular flexibility index (Phi) is 4.39. The number of furan rings is 1.